The number of carboxylic acids is 1. The second-order valence-corrected chi connectivity index (χ2v) is 4.73. The predicted octanol–water partition coefficient (Wildman–Crippen LogP) is -0.214. The number of ether oxygens (including phenoxy) is 1. The normalized spacial score (nSPS) is 28.9. The Hall–Kier alpha value is -1.34. The van der Waals surface area contributed by atoms with Crippen molar-refractivity contribution in [3.05, 3.63) is 0 Å². The third-order valence-electron chi connectivity index (χ3n) is 3.39. The first-order valence-electron chi connectivity index (χ1n) is 6.28. The molecule has 102 valence electrons. The number of urea groups is 1. The SMILES string of the molecule is O=C(N[C@H]1CC[C@@H](C(=O)O)C1)NN1CCOCC1. The van der Waals surface area contributed by atoms with Gasteiger partial charge in [-0.05, 0) is 19.3 Å². The first-order chi connectivity index (χ1) is 8.65. The maximum Gasteiger partial charge on any atom is 0.329 e. The second-order valence-electron chi connectivity index (χ2n) is 4.73. The summed E-state index contributed by atoms with van der Waals surface area (Å²) in [5.74, 6) is -1.09. The molecule has 0 unspecified atom stereocenters. The lowest BCUT2D eigenvalue weighted by molar-refractivity contribution is -0.141. The van der Waals surface area contributed by atoms with Crippen LogP contribution in [0.1, 0.15) is 19.3 Å². The van der Waals surface area contributed by atoms with Gasteiger partial charge in [-0.1, -0.05) is 0 Å². The number of rotatable bonds is 3. The third-order valence-corrected chi connectivity index (χ3v) is 3.39. The fourth-order valence-electron chi connectivity index (χ4n) is 2.37. The highest BCUT2D eigenvalue weighted by Crippen LogP contribution is 2.25. The molecule has 1 aliphatic carbocycles. The number of hydrogen-bond donors (Lipinski definition) is 3. The number of aliphatic carboxylic acids is 1. The molecule has 0 spiro atoms. The minimum absolute atomic E-state index is 0.0351. The smallest absolute Gasteiger partial charge is 0.329 e. The van der Waals surface area contributed by atoms with Gasteiger partial charge in [0.05, 0.1) is 19.1 Å². The van der Waals surface area contributed by atoms with Crippen LogP contribution in [0.4, 0.5) is 4.79 Å². The lowest BCUT2D eigenvalue weighted by Crippen LogP contribution is -2.53. The highest BCUT2D eigenvalue weighted by molar-refractivity contribution is 5.74. The number of morpholine rings is 1. The van der Waals surface area contributed by atoms with Crippen molar-refractivity contribution in [3.8, 4) is 0 Å². The number of hydrogen-bond acceptors (Lipinski definition) is 4. The Balaban J connectivity index is 1.69. The van der Waals surface area contributed by atoms with Crippen LogP contribution >= 0.6 is 0 Å². The molecular weight excluding hydrogens is 238 g/mol. The van der Waals surface area contributed by atoms with E-state index in [1.807, 2.05) is 5.01 Å². The maximum atomic E-state index is 11.7. The van der Waals surface area contributed by atoms with Crippen LogP contribution in [0.3, 0.4) is 0 Å². The minimum atomic E-state index is -0.770. The maximum absolute atomic E-state index is 11.7. The molecule has 2 atom stereocenters. The summed E-state index contributed by atoms with van der Waals surface area (Å²) < 4.78 is 5.18. The minimum Gasteiger partial charge on any atom is -0.481 e. The van der Waals surface area contributed by atoms with E-state index in [0.717, 1.165) is 6.42 Å². The highest BCUT2D eigenvalue weighted by Gasteiger charge is 2.30. The molecule has 7 nitrogen and oxygen atoms in total. The van der Waals surface area contributed by atoms with E-state index in [1.165, 1.54) is 0 Å². The van der Waals surface area contributed by atoms with E-state index in [-0.39, 0.29) is 18.0 Å². The molecule has 1 saturated carbocycles. The van der Waals surface area contributed by atoms with E-state index in [2.05, 4.69) is 10.7 Å². The van der Waals surface area contributed by atoms with Gasteiger partial charge in [0.15, 0.2) is 0 Å². The molecular formula is C11H19N3O4. The monoisotopic (exact) mass is 257 g/mol. The molecule has 2 amide bonds. The Kier molecular flexibility index (Phi) is 4.38. The zero-order chi connectivity index (χ0) is 13.0. The quantitative estimate of drug-likeness (QED) is 0.650. The van der Waals surface area contributed by atoms with Crippen molar-refractivity contribution < 1.29 is 19.4 Å². The summed E-state index contributed by atoms with van der Waals surface area (Å²) in [6, 6.07) is -0.292. The van der Waals surface area contributed by atoms with Crippen LogP contribution in [0.25, 0.3) is 0 Å². The van der Waals surface area contributed by atoms with Crippen LogP contribution in [0, 0.1) is 5.92 Å². The molecule has 7 heteroatoms. The van der Waals surface area contributed by atoms with Gasteiger partial charge in [0.2, 0.25) is 0 Å². The summed E-state index contributed by atoms with van der Waals surface area (Å²) in [6.45, 7) is 2.58. The van der Waals surface area contributed by atoms with Crippen LogP contribution in [0.15, 0.2) is 0 Å². The number of carbonyl (C=O) groups is 2. The predicted molar refractivity (Wildman–Crippen MR) is 62.8 cm³/mol. The van der Waals surface area contributed by atoms with Crippen molar-refractivity contribution in [1.82, 2.24) is 15.8 Å². The Bertz CT molecular complexity index is 317. The van der Waals surface area contributed by atoms with Crippen LogP contribution < -0.4 is 10.7 Å². The summed E-state index contributed by atoms with van der Waals surface area (Å²) in [7, 11) is 0. The number of nitrogens with zero attached hydrogens (tertiary/aromatic N) is 1. The third kappa shape index (κ3) is 3.58. The summed E-state index contributed by atoms with van der Waals surface area (Å²) in [5.41, 5.74) is 2.75. The largest absolute Gasteiger partial charge is 0.481 e. The average molecular weight is 257 g/mol. The molecule has 2 rings (SSSR count). The standard InChI is InChI=1S/C11H19N3O4/c15-10(16)8-1-2-9(7-8)12-11(17)13-14-3-5-18-6-4-14/h8-9H,1-7H2,(H,15,16)(H2,12,13,17)/t8-,9+/m1/s1. The Labute approximate surface area is 105 Å². The summed E-state index contributed by atoms with van der Waals surface area (Å²) in [6.07, 6.45) is 1.89. The number of amides is 2. The van der Waals surface area contributed by atoms with E-state index in [9.17, 15) is 9.59 Å². The molecule has 18 heavy (non-hydrogen) atoms. The Morgan fingerprint density at radius 1 is 1.22 bits per heavy atom. The fourth-order valence-corrected chi connectivity index (χ4v) is 2.37. The summed E-state index contributed by atoms with van der Waals surface area (Å²) >= 11 is 0. The zero-order valence-electron chi connectivity index (χ0n) is 10.2. The fraction of sp³-hybridized carbons (Fsp3) is 0.818. The van der Waals surface area contributed by atoms with Crippen LogP contribution in [-0.4, -0.2) is 54.5 Å². The van der Waals surface area contributed by atoms with Gasteiger partial charge < -0.3 is 15.2 Å². The molecule has 1 aliphatic heterocycles. The molecule has 0 aromatic heterocycles. The van der Waals surface area contributed by atoms with Gasteiger partial charge in [-0.3, -0.25) is 10.2 Å². The van der Waals surface area contributed by atoms with E-state index in [1.54, 1.807) is 0 Å². The van der Waals surface area contributed by atoms with Gasteiger partial charge in [0, 0.05) is 19.1 Å². The van der Waals surface area contributed by atoms with Gasteiger partial charge in [-0.15, -0.1) is 0 Å². The molecule has 3 N–H and O–H groups in total. The van der Waals surface area contributed by atoms with Crippen LogP contribution in [0.5, 0.6) is 0 Å². The highest BCUT2D eigenvalue weighted by atomic mass is 16.5. The first-order valence-corrected chi connectivity index (χ1v) is 6.28. The lowest BCUT2D eigenvalue weighted by Gasteiger charge is -2.27. The van der Waals surface area contributed by atoms with Gasteiger partial charge in [-0.25, -0.2) is 9.80 Å². The van der Waals surface area contributed by atoms with Crippen molar-refractivity contribution in [2.75, 3.05) is 26.3 Å². The first kappa shape index (κ1) is 13.1. The molecule has 2 fully saturated rings. The molecule has 0 aromatic rings. The van der Waals surface area contributed by atoms with E-state index in [0.29, 0.717) is 39.1 Å². The Morgan fingerprint density at radius 2 is 1.94 bits per heavy atom. The number of carbonyl (C=O) groups excluding carboxylic acids is 1. The van der Waals surface area contributed by atoms with Crippen molar-refractivity contribution in [2.24, 2.45) is 5.92 Å². The zero-order valence-corrected chi connectivity index (χ0v) is 10.2. The van der Waals surface area contributed by atoms with Gasteiger partial charge in [0.25, 0.3) is 0 Å². The molecule has 1 heterocycles. The van der Waals surface area contributed by atoms with Crippen molar-refractivity contribution in [1.29, 1.82) is 0 Å². The van der Waals surface area contributed by atoms with E-state index in [4.69, 9.17) is 9.84 Å². The molecule has 0 radical (unpaired) electrons. The van der Waals surface area contributed by atoms with Gasteiger partial charge >= 0.3 is 12.0 Å². The number of hydrazine groups is 1. The van der Waals surface area contributed by atoms with Crippen molar-refractivity contribution in [3.63, 3.8) is 0 Å². The lowest BCUT2D eigenvalue weighted by atomic mass is 10.1. The number of carboxylic acid groups (broad SMARTS) is 1. The van der Waals surface area contributed by atoms with Crippen LogP contribution in [-0.2, 0) is 9.53 Å². The molecule has 0 bridgehead atoms. The van der Waals surface area contributed by atoms with E-state index >= 15 is 0 Å². The second kappa shape index (κ2) is 6.01. The summed E-state index contributed by atoms with van der Waals surface area (Å²) in [4.78, 5) is 22.5. The summed E-state index contributed by atoms with van der Waals surface area (Å²) in [5, 5.41) is 13.5. The van der Waals surface area contributed by atoms with Gasteiger partial charge in [-0.2, -0.15) is 0 Å². The topological polar surface area (TPSA) is 90.9 Å². The molecule has 0 aromatic carbocycles. The Morgan fingerprint density at radius 3 is 2.56 bits per heavy atom. The van der Waals surface area contributed by atoms with Crippen molar-refractivity contribution in [2.45, 2.75) is 25.3 Å². The van der Waals surface area contributed by atoms with Crippen LogP contribution in [0.2, 0.25) is 0 Å². The van der Waals surface area contributed by atoms with E-state index < -0.39 is 5.97 Å². The molecule has 2 aliphatic rings. The number of nitrogens with one attached hydrogen (secondary N) is 2. The van der Waals surface area contributed by atoms with Gasteiger partial charge in [0.1, 0.15) is 0 Å². The molecule has 1 saturated heterocycles. The average Bonchev–Trinajstić information content (AvgIpc) is 2.78. The van der Waals surface area contributed by atoms with Crippen molar-refractivity contribution >= 4 is 12.0 Å².